The molecule has 2 atom stereocenters. The summed E-state index contributed by atoms with van der Waals surface area (Å²) in [6, 6.07) is 10.6. The molecule has 18 heavy (non-hydrogen) atoms. The van der Waals surface area contributed by atoms with Gasteiger partial charge in [0.2, 0.25) is 0 Å². The summed E-state index contributed by atoms with van der Waals surface area (Å²) in [6.45, 7) is 0. The minimum absolute atomic E-state index is 0.316. The average molecular weight is 241 g/mol. The number of aliphatic hydroxyl groups excluding tert-OH is 1. The van der Waals surface area contributed by atoms with Gasteiger partial charge in [-0.3, -0.25) is 0 Å². The molecule has 1 N–H and O–H groups in total. The molecule has 3 rings (SSSR count). The van der Waals surface area contributed by atoms with Crippen molar-refractivity contribution in [3.8, 4) is 6.07 Å². The molecule has 0 aliphatic heterocycles. The fraction of sp³-hybridized carbons (Fsp3) is 0.562. The van der Waals surface area contributed by atoms with Crippen LogP contribution in [-0.4, -0.2) is 11.2 Å². The van der Waals surface area contributed by atoms with E-state index in [2.05, 4.69) is 12.1 Å². The number of aryl methyl sites for hydroxylation is 1. The Morgan fingerprint density at radius 2 is 2.00 bits per heavy atom. The molecule has 0 amide bonds. The summed E-state index contributed by atoms with van der Waals surface area (Å²) in [5.41, 5.74) is 1.67. The van der Waals surface area contributed by atoms with E-state index < -0.39 is 11.5 Å². The van der Waals surface area contributed by atoms with Crippen LogP contribution in [0.15, 0.2) is 24.3 Å². The third kappa shape index (κ3) is 1.58. The number of aliphatic hydroxyl groups is 1. The van der Waals surface area contributed by atoms with Gasteiger partial charge < -0.3 is 5.11 Å². The van der Waals surface area contributed by atoms with E-state index in [0.29, 0.717) is 5.92 Å². The minimum atomic E-state index is -0.647. The Kier molecular flexibility index (Phi) is 2.87. The first-order valence-corrected chi connectivity index (χ1v) is 6.95. The topological polar surface area (TPSA) is 44.0 Å². The third-order valence-electron chi connectivity index (χ3n) is 4.84. The van der Waals surface area contributed by atoms with Crippen LogP contribution in [0.25, 0.3) is 0 Å². The molecule has 2 aliphatic carbocycles. The maximum absolute atomic E-state index is 10.7. The zero-order valence-electron chi connectivity index (χ0n) is 10.6. The Hall–Kier alpha value is -1.33. The summed E-state index contributed by atoms with van der Waals surface area (Å²) >= 11 is 0. The molecule has 0 saturated heterocycles. The van der Waals surface area contributed by atoms with E-state index >= 15 is 0 Å². The summed E-state index contributed by atoms with van der Waals surface area (Å²) in [4.78, 5) is 0. The zero-order chi connectivity index (χ0) is 12.6. The molecule has 94 valence electrons. The molecule has 1 fully saturated rings. The third-order valence-corrected chi connectivity index (χ3v) is 4.84. The van der Waals surface area contributed by atoms with Crippen LogP contribution < -0.4 is 0 Å². The van der Waals surface area contributed by atoms with E-state index in [1.165, 1.54) is 18.4 Å². The number of hydrogen-bond acceptors (Lipinski definition) is 2. The highest BCUT2D eigenvalue weighted by Crippen LogP contribution is 2.46. The van der Waals surface area contributed by atoms with Crippen molar-refractivity contribution in [2.24, 2.45) is 5.92 Å². The first-order chi connectivity index (χ1) is 8.78. The Labute approximate surface area is 108 Å². The maximum Gasteiger partial charge on any atom is 0.109 e. The lowest BCUT2D eigenvalue weighted by atomic mass is 9.73. The maximum atomic E-state index is 10.7. The van der Waals surface area contributed by atoms with Crippen LogP contribution in [0.3, 0.4) is 0 Å². The van der Waals surface area contributed by atoms with Crippen LogP contribution >= 0.6 is 0 Å². The van der Waals surface area contributed by atoms with Gasteiger partial charge in [-0.2, -0.15) is 5.26 Å². The Balaban J connectivity index is 1.99. The number of hydrogen-bond donors (Lipinski definition) is 1. The molecule has 1 saturated carbocycles. The number of nitriles is 1. The lowest BCUT2D eigenvalue weighted by molar-refractivity contribution is 0.0545. The fourth-order valence-electron chi connectivity index (χ4n) is 3.80. The molecular formula is C16H19NO. The standard InChI is InChI=1S/C16H19NO/c17-11-16(15(18)13-6-1-2-7-13)10-9-12-5-3-4-8-14(12)16/h3-5,8,13,15,18H,1-2,6-7,9-10H2. The normalized spacial score (nSPS) is 28.9. The SMILES string of the molecule is N#CC1(C(O)C2CCCC2)CCc2ccccc21. The quantitative estimate of drug-likeness (QED) is 0.865. The van der Waals surface area contributed by atoms with Crippen molar-refractivity contribution >= 4 is 0 Å². The van der Waals surface area contributed by atoms with E-state index in [9.17, 15) is 10.4 Å². The summed E-state index contributed by atoms with van der Waals surface area (Å²) in [6.07, 6.45) is 5.76. The highest BCUT2D eigenvalue weighted by molar-refractivity contribution is 5.45. The van der Waals surface area contributed by atoms with Gasteiger partial charge in [-0.1, -0.05) is 37.1 Å². The van der Waals surface area contributed by atoms with Crippen molar-refractivity contribution in [1.82, 2.24) is 0 Å². The van der Waals surface area contributed by atoms with Gasteiger partial charge in [-0.25, -0.2) is 0 Å². The van der Waals surface area contributed by atoms with Crippen LogP contribution in [0.2, 0.25) is 0 Å². The van der Waals surface area contributed by atoms with E-state index in [1.54, 1.807) is 0 Å². The van der Waals surface area contributed by atoms with Crippen LogP contribution in [-0.2, 0) is 11.8 Å². The monoisotopic (exact) mass is 241 g/mol. The van der Waals surface area contributed by atoms with Crippen molar-refractivity contribution in [2.75, 3.05) is 0 Å². The fourth-order valence-corrected chi connectivity index (χ4v) is 3.80. The molecular weight excluding hydrogens is 222 g/mol. The van der Waals surface area contributed by atoms with Gasteiger partial charge in [-0.05, 0) is 42.7 Å². The van der Waals surface area contributed by atoms with Crippen molar-refractivity contribution in [3.63, 3.8) is 0 Å². The van der Waals surface area contributed by atoms with Gasteiger partial charge >= 0.3 is 0 Å². The molecule has 0 spiro atoms. The molecule has 2 nitrogen and oxygen atoms in total. The predicted octanol–water partition coefficient (Wildman–Crippen LogP) is 2.95. The highest BCUT2D eigenvalue weighted by atomic mass is 16.3. The van der Waals surface area contributed by atoms with E-state index in [0.717, 1.165) is 31.2 Å². The van der Waals surface area contributed by atoms with Crippen molar-refractivity contribution < 1.29 is 5.11 Å². The lowest BCUT2D eigenvalue weighted by Crippen LogP contribution is -2.40. The van der Waals surface area contributed by atoms with E-state index in [4.69, 9.17) is 0 Å². The molecule has 1 aromatic carbocycles. The van der Waals surface area contributed by atoms with Crippen LogP contribution in [0.5, 0.6) is 0 Å². The second-order valence-corrected chi connectivity index (χ2v) is 5.73. The average Bonchev–Trinajstić information content (AvgIpc) is 3.06. The number of fused-ring (bicyclic) bond motifs is 1. The first-order valence-electron chi connectivity index (χ1n) is 6.95. The Morgan fingerprint density at radius 1 is 1.28 bits per heavy atom. The lowest BCUT2D eigenvalue weighted by Gasteiger charge is -2.32. The van der Waals surface area contributed by atoms with Gasteiger partial charge in [0.15, 0.2) is 0 Å². The molecule has 0 bridgehead atoms. The second-order valence-electron chi connectivity index (χ2n) is 5.73. The largest absolute Gasteiger partial charge is 0.391 e. The Morgan fingerprint density at radius 3 is 2.72 bits per heavy atom. The van der Waals surface area contributed by atoms with Gasteiger partial charge in [0.1, 0.15) is 5.41 Å². The van der Waals surface area contributed by atoms with Crippen molar-refractivity contribution in [3.05, 3.63) is 35.4 Å². The van der Waals surface area contributed by atoms with Crippen molar-refractivity contribution in [2.45, 2.75) is 50.0 Å². The van der Waals surface area contributed by atoms with Crippen LogP contribution in [0, 0.1) is 17.2 Å². The van der Waals surface area contributed by atoms with Gasteiger partial charge in [0.25, 0.3) is 0 Å². The molecule has 0 heterocycles. The summed E-state index contributed by atoms with van der Waals surface area (Å²) in [5.74, 6) is 0.316. The summed E-state index contributed by atoms with van der Waals surface area (Å²) in [7, 11) is 0. The predicted molar refractivity (Wildman–Crippen MR) is 70.0 cm³/mol. The molecule has 1 aromatic rings. The van der Waals surface area contributed by atoms with E-state index in [-0.39, 0.29) is 0 Å². The number of benzene rings is 1. The Bertz CT molecular complexity index is 484. The molecule has 0 radical (unpaired) electrons. The van der Waals surface area contributed by atoms with Crippen LogP contribution in [0.4, 0.5) is 0 Å². The zero-order valence-corrected chi connectivity index (χ0v) is 10.6. The van der Waals surface area contributed by atoms with Gasteiger partial charge in [0, 0.05) is 0 Å². The van der Waals surface area contributed by atoms with Crippen LogP contribution in [0.1, 0.15) is 43.2 Å². The molecule has 2 aliphatic rings. The minimum Gasteiger partial charge on any atom is -0.391 e. The number of nitrogens with zero attached hydrogens (tertiary/aromatic N) is 1. The summed E-state index contributed by atoms with van der Waals surface area (Å²) in [5, 5.41) is 20.4. The smallest absolute Gasteiger partial charge is 0.109 e. The molecule has 2 unspecified atom stereocenters. The van der Waals surface area contributed by atoms with Gasteiger partial charge in [0.05, 0.1) is 12.2 Å². The number of rotatable bonds is 2. The second kappa shape index (κ2) is 4.40. The van der Waals surface area contributed by atoms with E-state index in [1.807, 2.05) is 18.2 Å². The summed E-state index contributed by atoms with van der Waals surface area (Å²) < 4.78 is 0. The van der Waals surface area contributed by atoms with Crippen molar-refractivity contribution in [1.29, 1.82) is 5.26 Å². The molecule has 0 aromatic heterocycles. The molecule has 2 heteroatoms. The van der Waals surface area contributed by atoms with Gasteiger partial charge in [-0.15, -0.1) is 0 Å². The highest BCUT2D eigenvalue weighted by Gasteiger charge is 2.48. The first kappa shape index (κ1) is 11.7.